The highest BCUT2D eigenvalue weighted by atomic mass is 32.2. The van der Waals surface area contributed by atoms with Crippen LogP contribution in [0.4, 0.5) is 0 Å². The van der Waals surface area contributed by atoms with Crippen LogP contribution in [0.3, 0.4) is 0 Å². The van der Waals surface area contributed by atoms with E-state index in [0.29, 0.717) is 6.54 Å². The largest absolute Gasteiger partial charge is 0.356 e. The lowest BCUT2D eigenvalue weighted by Gasteiger charge is -2.34. The summed E-state index contributed by atoms with van der Waals surface area (Å²) in [4.78, 5) is 12.3. The molecule has 27 heavy (non-hydrogen) atoms. The predicted octanol–water partition coefficient (Wildman–Crippen LogP) is 2.01. The molecule has 3 N–H and O–H groups in total. The Morgan fingerprint density at radius 3 is 2.56 bits per heavy atom. The number of hydrogen-bond acceptors (Lipinski definition) is 4. The van der Waals surface area contributed by atoms with Crippen LogP contribution < -0.4 is 15.4 Å². The maximum absolute atomic E-state index is 12.5. The van der Waals surface area contributed by atoms with Crippen LogP contribution >= 0.6 is 0 Å². The minimum Gasteiger partial charge on any atom is -0.356 e. The Labute approximate surface area is 160 Å². The van der Waals surface area contributed by atoms with Gasteiger partial charge in [0.25, 0.3) is 0 Å². The molecule has 2 aromatic carbocycles. The summed E-state index contributed by atoms with van der Waals surface area (Å²) in [6.07, 6.45) is 2.19. The first-order chi connectivity index (χ1) is 12.9. The summed E-state index contributed by atoms with van der Waals surface area (Å²) in [6, 6.07) is 12.6. The third-order valence-electron chi connectivity index (χ3n) is 5.20. The van der Waals surface area contributed by atoms with Gasteiger partial charge in [0.15, 0.2) is 0 Å². The molecule has 1 fully saturated rings. The number of amides is 1. The number of hydrogen-bond donors (Lipinski definition) is 3. The van der Waals surface area contributed by atoms with Crippen LogP contribution in [0.1, 0.15) is 26.2 Å². The van der Waals surface area contributed by atoms with Crippen molar-refractivity contribution in [2.24, 2.45) is 5.41 Å². The number of sulfonamides is 1. The number of benzene rings is 2. The van der Waals surface area contributed by atoms with Gasteiger partial charge in [0.05, 0.1) is 4.90 Å². The summed E-state index contributed by atoms with van der Waals surface area (Å²) in [5.41, 5.74) is 0.117. The maximum atomic E-state index is 12.5. The van der Waals surface area contributed by atoms with Crippen molar-refractivity contribution in [3.8, 4) is 0 Å². The van der Waals surface area contributed by atoms with Gasteiger partial charge in [-0.15, -0.1) is 0 Å². The van der Waals surface area contributed by atoms with Crippen molar-refractivity contribution >= 4 is 26.7 Å². The molecule has 0 spiro atoms. The van der Waals surface area contributed by atoms with Gasteiger partial charge in [-0.2, -0.15) is 0 Å². The molecule has 1 amide bonds. The highest BCUT2D eigenvalue weighted by molar-refractivity contribution is 7.89. The monoisotopic (exact) mass is 389 g/mol. The van der Waals surface area contributed by atoms with Gasteiger partial charge in [0.1, 0.15) is 0 Å². The van der Waals surface area contributed by atoms with E-state index in [-0.39, 0.29) is 29.2 Å². The molecule has 0 saturated carbocycles. The van der Waals surface area contributed by atoms with E-state index in [0.717, 1.165) is 36.7 Å². The Kier molecular flexibility index (Phi) is 6.14. The molecule has 146 valence electrons. The van der Waals surface area contributed by atoms with Gasteiger partial charge in [0, 0.05) is 19.5 Å². The Hall–Kier alpha value is -1.96. The minimum absolute atomic E-state index is 0.0826. The first kappa shape index (κ1) is 19.8. The lowest BCUT2D eigenvalue weighted by atomic mass is 9.81. The van der Waals surface area contributed by atoms with Crippen LogP contribution in [-0.2, 0) is 14.8 Å². The number of carbonyl (C=O) groups is 1. The molecule has 0 aliphatic carbocycles. The van der Waals surface area contributed by atoms with Crippen LogP contribution in [-0.4, -0.2) is 40.5 Å². The van der Waals surface area contributed by atoms with Gasteiger partial charge in [-0.25, -0.2) is 13.1 Å². The third kappa shape index (κ3) is 5.28. The molecular weight excluding hydrogens is 362 g/mol. The standard InChI is InChI=1S/C20H27N3O3S/c1-20(9-12-21-13-10-20)15-22-19(24)8-11-23-27(25,26)18-7-6-16-4-2-3-5-17(16)14-18/h2-7,14,21,23H,8-13,15H2,1H3,(H,22,24). The third-order valence-corrected chi connectivity index (χ3v) is 6.66. The molecule has 2 aromatic rings. The van der Waals surface area contributed by atoms with Crippen LogP contribution in [0.15, 0.2) is 47.4 Å². The fraction of sp³-hybridized carbons (Fsp3) is 0.450. The molecule has 0 unspecified atom stereocenters. The van der Waals surface area contributed by atoms with Crippen molar-refractivity contribution in [3.63, 3.8) is 0 Å². The molecule has 1 aliphatic rings. The first-order valence-corrected chi connectivity index (χ1v) is 10.8. The predicted molar refractivity (Wildman–Crippen MR) is 107 cm³/mol. The van der Waals surface area contributed by atoms with E-state index in [9.17, 15) is 13.2 Å². The summed E-state index contributed by atoms with van der Waals surface area (Å²) in [5.74, 6) is -0.129. The second kappa shape index (κ2) is 8.37. The summed E-state index contributed by atoms with van der Waals surface area (Å²) >= 11 is 0. The van der Waals surface area contributed by atoms with Crippen molar-refractivity contribution in [1.29, 1.82) is 0 Å². The van der Waals surface area contributed by atoms with Crippen molar-refractivity contribution in [2.45, 2.75) is 31.1 Å². The van der Waals surface area contributed by atoms with E-state index in [2.05, 4.69) is 22.3 Å². The van der Waals surface area contributed by atoms with Gasteiger partial charge >= 0.3 is 0 Å². The summed E-state index contributed by atoms with van der Waals surface area (Å²) in [5, 5.41) is 8.11. The average molecular weight is 390 g/mol. The summed E-state index contributed by atoms with van der Waals surface area (Å²) in [6.45, 7) is 4.83. The van der Waals surface area contributed by atoms with E-state index in [1.165, 1.54) is 0 Å². The molecule has 1 heterocycles. The Balaban J connectivity index is 1.50. The van der Waals surface area contributed by atoms with Gasteiger partial charge < -0.3 is 10.6 Å². The zero-order chi connectivity index (χ0) is 19.3. The highest BCUT2D eigenvalue weighted by Gasteiger charge is 2.27. The molecule has 6 nitrogen and oxygen atoms in total. The Morgan fingerprint density at radius 2 is 1.81 bits per heavy atom. The topological polar surface area (TPSA) is 87.3 Å². The zero-order valence-corrected chi connectivity index (χ0v) is 16.4. The molecule has 0 atom stereocenters. The smallest absolute Gasteiger partial charge is 0.240 e. The molecule has 0 radical (unpaired) electrons. The van der Waals surface area contributed by atoms with E-state index < -0.39 is 10.0 Å². The van der Waals surface area contributed by atoms with Crippen molar-refractivity contribution in [1.82, 2.24) is 15.4 Å². The molecule has 1 saturated heterocycles. The van der Waals surface area contributed by atoms with Crippen molar-refractivity contribution in [2.75, 3.05) is 26.2 Å². The first-order valence-electron chi connectivity index (χ1n) is 9.34. The van der Waals surface area contributed by atoms with Gasteiger partial charge in [-0.1, -0.05) is 37.3 Å². The number of piperidine rings is 1. The number of nitrogens with one attached hydrogen (secondary N) is 3. The second-order valence-electron chi connectivity index (χ2n) is 7.49. The van der Waals surface area contributed by atoms with Crippen LogP contribution in [0.25, 0.3) is 10.8 Å². The van der Waals surface area contributed by atoms with E-state index in [1.54, 1.807) is 18.2 Å². The van der Waals surface area contributed by atoms with Crippen LogP contribution in [0.5, 0.6) is 0 Å². The van der Waals surface area contributed by atoms with E-state index in [4.69, 9.17) is 0 Å². The second-order valence-corrected chi connectivity index (χ2v) is 9.26. The number of rotatable bonds is 7. The summed E-state index contributed by atoms with van der Waals surface area (Å²) in [7, 11) is -3.63. The lowest BCUT2D eigenvalue weighted by Crippen LogP contribution is -2.43. The number of fused-ring (bicyclic) bond motifs is 1. The van der Waals surface area contributed by atoms with Crippen LogP contribution in [0.2, 0.25) is 0 Å². The van der Waals surface area contributed by atoms with E-state index in [1.807, 2.05) is 24.3 Å². The Morgan fingerprint density at radius 1 is 1.11 bits per heavy atom. The van der Waals surface area contributed by atoms with Crippen LogP contribution in [0, 0.1) is 5.41 Å². The van der Waals surface area contributed by atoms with E-state index >= 15 is 0 Å². The lowest BCUT2D eigenvalue weighted by molar-refractivity contribution is -0.121. The normalized spacial score (nSPS) is 16.9. The van der Waals surface area contributed by atoms with Crippen molar-refractivity contribution in [3.05, 3.63) is 42.5 Å². The maximum Gasteiger partial charge on any atom is 0.240 e. The van der Waals surface area contributed by atoms with Gasteiger partial charge in [-0.3, -0.25) is 4.79 Å². The SMILES string of the molecule is CC1(CNC(=O)CCNS(=O)(=O)c2ccc3ccccc3c2)CCNCC1. The Bertz CT molecular complexity index is 906. The fourth-order valence-corrected chi connectivity index (χ4v) is 4.39. The van der Waals surface area contributed by atoms with Crippen molar-refractivity contribution < 1.29 is 13.2 Å². The minimum atomic E-state index is -3.63. The fourth-order valence-electron chi connectivity index (χ4n) is 3.32. The molecular formula is C20H27N3O3S. The highest BCUT2D eigenvalue weighted by Crippen LogP contribution is 2.26. The molecule has 0 bridgehead atoms. The molecule has 3 rings (SSSR count). The number of carbonyl (C=O) groups excluding carboxylic acids is 1. The summed E-state index contributed by atoms with van der Waals surface area (Å²) < 4.78 is 27.4. The van der Waals surface area contributed by atoms with Gasteiger partial charge in [-0.05, 0) is 54.3 Å². The molecule has 0 aromatic heterocycles. The van der Waals surface area contributed by atoms with Gasteiger partial charge in [0.2, 0.25) is 15.9 Å². The molecule has 7 heteroatoms. The average Bonchev–Trinajstić information content (AvgIpc) is 2.66. The quantitative estimate of drug-likeness (QED) is 0.676. The zero-order valence-electron chi connectivity index (χ0n) is 15.6. The molecule has 1 aliphatic heterocycles.